The Morgan fingerprint density at radius 2 is 1.82 bits per heavy atom. The number of rotatable bonds is 2. The van der Waals surface area contributed by atoms with E-state index in [1.165, 1.54) is 28.9 Å². The van der Waals surface area contributed by atoms with Crippen LogP contribution in [-0.2, 0) is 0 Å². The van der Waals surface area contributed by atoms with E-state index in [-0.39, 0.29) is 11.4 Å². The topological polar surface area (TPSA) is 60.9 Å². The fraction of sp³-hybridized carbons (Fsp3) is 0.0588. The second-order valence-electron chi connectivity index (χ2n) is 5.02. The maximum atomic E-state index is 13.0. The number of aromatic nitrogens is 2. The number of hydrogen-bond acceptors (Lipinski definition) is 3. The fourth-order valence-electron chi connectivity index (χ4n) is 2.29. The summed E-state index contributed by atoms with van der Waals surface area (Å²) >= 11 is 0. The van der Waals surface area contributed by atoms with Crippen molar-refractivity contribution in [3.63, 3.8) is 0 Å². The molecule has 0 fully saturated rings. The van der Waals surface area contributed by atoms with Crippen LogP contribution in [0.2, 0.25) is 0 Å². The van der Waals surface area contributed by atoms with Gasteiger partial charge in [0.05, 0.1) is 16.9 Å². The summed E-state index contributed by atoms with van der Waals surface area (Å²) in [6, 6.07) is 14.5. The van der Waals surface area contributed by atoms with Gasteiger partial charge in [-0.25, -0.2) is 4.39 Å². The molecule has 22 heavy (non-hydrogen) atoms. The zero-order chi connectivity index (χ0) is 15.7. The van der Waals surface area contributed by atoms with Crippen LogP contribution in [0, 0.1) is 12.7 Å². The third-order valence-electron chi connectivity index (χ3n) is 3.30. The van der Waals surface area contributed by atoms with Crippen LogP contribution in [-0.4, -0.2) is 9.78 Å². The zero-order valence-corrected chi connectivity index (χ0v) is 12.0. The van der Waals surface area contributed by atoms with E-state index < -0.39 is 0 Å². The van der Waals surface area contributed by atoms with Gasteiger partial charge in [-0.2, -0.15) is 9.78 Å². The van der Waals surface area contributed by atoms with Gasteiger partial charge in [0.25, 0.3) is 5.56 Å². The Labute approximate surface area is 126 Å². The summed E-state index contributed by atoms with van der Waals surface area (Å²) in [6.45, 7) is 1.80. The molecule has 0 bridgehead atoms. The minimum atomic E-state index is -0.361. The lowest BCUT2D eigenvalue weighted by atomic mass is 10.1. The molecule has 0 amide bonds. The molecule has 0 saturated heterocycles. The van der Waals surface area contributed by atoms with Crippen molar-refractivity contribution < 1.29 is 4.39 Å². The minimum absolute atomic E-state index is 0.275. The lowest BCUT2D eigenvalue weighted by Gasteiger charge is -2.09. The lowest BCUT2D eigenvalue weighted by molar-refractivity contribution is 0.626. The van der Waals surface area contributed by atoms with Crippen LogP contribution in [0.5, 0.6) is 0 Å². The highest BCUT2D eigenvalue weighted by Gasteiger charge is 2.10. The van der Waals surface area contributed by atoms with E-state index >= 15 is 0 Å². The van der Waals surface area contributed by atoms with Crippen LogP contribution in [0.1, 0.15) is 5.69 Å². The number of benzene rings is 2. The minimum Gasteiger partial charge on any atom is -0.399 e. The van der Waals surface area contributed by atoms with Crippen LogP contribution in [0.15, 0.2) is 59.4 Å². The first-order valence-electron chi connectivity index (χ1n) is 6.77. The van der Waals surface area contributed by atoms with E-state index in [1.54, 1.807) is 31.2 Å². The number of hydrogen-bond donors (Lipinski definition) is 1. The molecule has 0 aliphatic heterocycles. The van der Waals surface area contributed by atoms with Crippen LogP contribution < -0.4 is 11.3 Å². The summed E-state index contributed by atoms with van der Waals surface area (Å²) in [4.78, 5) is 12.7. The van der Waals surface area contributed by atoms with E-state index in [9.17, 15) is 9.18 Å². The smallest absolute Gasteiger partial charge is 0.279 e. The molecule has 0 aliphatic carbocycles. The van der Waals surface area contributed by atoms with Gasteiger partial charge >= 0.3 is 0 Å². The van der Waals surface area contributed by atoms with Crippen molar-refractivity contribution in [2.75, 3.05) is 5.73 Å². The van der Waals surface area contributed by atoms with E-state index in [0.29, 0.717) is 22.6 Å². The quantitative estimate of drug-likeness (QED) is 0.739. The Morgan fingerprint density at radius 3 is 2.50 bits per heavy atom. The Hall–Kier alpha value is -2.95. The molecule has 1 heterocycles. The molecule has 0 radical (unpaired) electrons. The summed E-state index contributed by atoms with van der Waals surface area (Å²) in [6.07, 6.45) is 0. The summed E-state index contributed by atoms with van der Waals surface area (Å²) in [7, 11) is 0. The zero-order valence-electron chi connectivity index (χ0n) is 12.0. The number of nitrogens with zero attached hydrogens (tertiary/aromatic N) is 2. The Bertz CT molecular complexity index is 885. The first-order chi connectivity index (χ1) is 10.5. The van der Waals surface area contributed by atoms with Crippen LogP contribution >= 0.6 is 0 Å². The summed E-state index contributed by atoms with van der Waals surface area (Å²) in [5, 5.41) is 4.23. The SMILES string of the molecule is Cc1cc(-c2cccc(N)c2)c(=O)n(-c2ccc(F)cc2)n1. The van der Waals surface area contributed by atoms with Gasteiger partial charge in [0.1, 0.15) is 5.82 Å². The second-order valence-corrected chi connectivity index (χ2v) is 5.02. The molecule has 2 N–H and O–H groups in total. The first-order valence-corrected chi connectivity index (χ1v) is 6.77. The number of nitrogen functional groups attached to an aromatic ring is 1. The van der Waals surface area contributed by atoms with E-state index in [0.717, 1.165) is 5.56 Å². The molecule has 5 heteroatoms. The predicted molar refractivity (Wildman–Crippen MR) is 84.4 cm³/mol. The highest BCUT2D eigenvalue weighted by molar-refractivity contribution is 5.67. The number of aryl methyl sites for hydroxylation is 1. The van der Waals surface area contributed by atoms with Gasteiger partial charge in [-0.15, -0.1) is 0 Å². The number of halogens is 1. The molecular formula is C17H14FN3O. The van der Waals surface area contributed by atoms with Crippen molar-refractivity contribution in [3.8, 4) is 16.8 Å². The maximum Gasteiger partial charge on any atom is 0.279 e. The average Bonchev–Trinajstić information content (AvgIpc) is 2.50. The van der Waals surface area contributed by atoms with Crippen molar-refractivity contribution >= 4 is 5.69 Å². The molecule has 110 valence electrons. The highest BCUT2D eigenvalue weighted by atomic mass is 19.1. The van der Waals surface area contributed by atoms with Gasteiger partial charge < -0.3 is 5.73 Å². The highest BCUT2D eigenvalue weighted by Crippen LogP contribution is 2.19. The summed E-state index contributed by atoms with van der Waals surface area (Å²) in [5.74, 6) is -0.361. The molecule has 1 aromatic heterocycles. The van der Waals surface area contributed by atoms with E-state index in [1.807, 2.05) is 6.07 Å². The molecule has 3 aromatic rings. The number of anilines is 1. The molecule has 3 rings (SSSR count). The normalized spacial score (nSPS) is 10.6. The Morgan fingerprint density at radius 1 is 1.09 bits per heavy atom. The molecule has 0 spiro atoms. The fourth-order valence-corrected chi connectivity index (χ4v) is 2.29. The second kappa shape index (κ2) is 5.44. The van der Waals surface area contributed by atoms with Gasteiger partial charge in [-0.05, 0) is 55.0 Å². The molecule has 2 aromatic carbocycles. The van der Waals surface area contributed by atoms with Crippen molar-refractivity contribution in [2.45, 2.75) is 6.92 Å². The number of nitrogens with two attached hydrogens (primary N) is 1. The summed E-state index contributed by atoms with van der Waals surface area (Å²) in [5.41, 5.74) is 8.52. The van der Waals surface area contributed by atoms with Crippen molar-refractivity contribution in [3.05, 3.63) is 76.5 Å². The monoisotopic (exact) mass is 295 g/mol. The van der Waals surface area contributed by atoms with Crippen molar-refractivity contribution in [2.24, 2.45) is 0 Å². The summed E-state index contributed by atoms with van der Waals surface area (Å²) < 4.78 is 14.3. The van der Waals surface area contributed by atoms with Crippen LogP contribution in [0.25, 0.3) is 16.8 Å². The van der Waals surface area contributed by atoms with Crippen molar-refractivity contribution in [1.82, 2.24) is 9.78 Å². The molecule has 0 unspecified atom stereocenters. The maximum absolute atomic E-state index is 13.0. The van der Waals surface area contributed by atoms with E-state index in [2.05, 4.69) is 5.10 Å². The largest absolute Gasteiger partial charge is 0.399 e. The van der Waals surface area contributed by atoms with Crippen LogP contribution in [0.3, 0.4) is 0 Å². The van der Waals surface area contributed by atoms with Crippen LogP contribution in [0.4, 0.5) is 10.1 Å². The Balaban J connectivity index is 2.22. The van der Waals surface area contributed by atoms with Gasteiger partial charge in [-0.1, -0.05) is 12.1 Å². The van der Waals surface area contributed by atoms with Gasteiger partial charge in [-0.3, -0.25) is 4.79 Å². The van der Waals surface area contributed by atoms with E-state index in [4.69, 9.17) is 5.73 Å². The predicted octanol–water partition coefficient (Wildman–Crippen LogP) is 2.93. The lowest BCUT2D eigenvalue weighted by Crippen LogP contribution is -2.23. The van der Waals surface area contributed by atoms with Gasteiger partial charge in [0.15, 0.2) is 0 Å². The standard InChI is InChI=1S/C17H14FN3O/c1-11-9-16(12-3-2-4-14(19)10-12)17(22)21(20-11)15-7-5-13(18)6-8-15/h2-10H,19H2,1H3. The third kappa shape index (κ3) is 2.61. The average molecular weight is 295 g/mol. The molecule has 0 aliphatic rings. The third-order valence-corrected chi connectivity index (χ3v) is 3.30. The molecule has 0 atom stereocenters. The molecule has 4 nitrogen and oxygen atoms in total. The first kappa shape index (κ1) is 14.0. The van der Waals surface area contributed by atoms with Gasteiger partial charge in [0.2, 0.25) is 0 Å². The Kier molecular flexibility index (Phi) is 3.47. The van der Waals surface area contributed by atoms with Crippen molar-refractivity contribution in [1.29, 1.82) is 0 Å². The molecular weight excluding hydrogens is 281 g/mol. The molecule has 0 saturated carbocycles. The van der Waals surface area contributed by atoms with Gasteiger partial charge in [0, 0.05) is 5.69 Å².